The predicted molar refractivity (Wildman–Crippen MR) is 102 cm³/mol. The summed E-state index contributed by atoms with van der Waals surface area (Å²) in [5.74, 6) is 0.618. The smallest absolute Gasteiger partial charge is 0.173 e. The fourth-order valence-electron chi connectivity index (χ4n) is 2.91. The summed E-state index contributed by atoms with van der Waals surface area (Å²) in [4.78, 5) is 4.48. The number of rotatable bonds is 4. The standard InChI is InChI=1S/C19H22FN3OS/c1-24-18-7-3-6-17(13-18)21-19(25)23-10-8-22(9-11-23)14-15-4-2-5-16(20)12-15/h2-7,12-13H,8-11,14H2,1H3,(H,21,25). The van der Waals surface area contributed by atoms with E-state index in [0.29, 0.717) is 0 Å². The number of benzene rings is 2. The molecule has 0 aliphatic carbocycles. The van der Waals surface area contributed by atoms with Crippen molar-refractivity contribution in [3.63, 3.8) is 0 Å². The molecule has 1 saturated heterocycles. The van der Waals surface area contributed by atoms with E-state index in [2.05, 4.69) is 15.1 Å². The Kier molecular flexibility index (Phi) is 5.83. The molecule has 4 nitrogen and oxygen atoms in total. The highest BCUT2D eigenvalue weighted by molar-refractivity contribution is 7.80. The van der Waals surface area contributed by atoms with E-state index in [9.17, 15) is 4.39 Å². The summed E-state index contributed by atoms with van der Waals surface area (Å²) >= 11 is 5.53. The second-order valence-corrected chi connectivity index (χ2v) is 6.44. The maximum absolute atomic E-state index is 13.3. The van der Waals surface area contributed by atoms with Gasteiger partial charge in [-0.25, -0.2) is 4.39 Å². The van der Waals surface area contributed by atoms with Gasteiger partial charge in [-0.1, -0.05) is 18.2 Å². The maximum Gasteiger partial charge on any atom is 0.173 e. The van der Waals surface area contributed by atoms with Crippen molar-refractivity contribution in [3.05, 3.63) is 59.9 Å². The molecular weight excluding hydrogens is 337 g/mol. The molecule has 6 heteroatoms. The zero-order chi connectivity index (χ0) is 17.6. The van der Waals surface area contributed by atoms with E-state index < -0.39 is 0 Å². The van der Waals surface area contributed by atoms with Gasteiger partial charge in [0, 0.05) is 44.5 Å². The number of methoxy groups -OCH3 is 1. The molecular formula is C19H22FN3OS. The van der Waals surface area contributed by atoms with Crippen LogP contribution in [0.15, 0.2) is 48.5 Å². The fraction of sp³-hybridized carbons (Fsp3) is 0.316. The number of nitrogens with zero attached hydrogens (tertiary/aromatic N) is 2. The molecule has 0 spiro atoms. The Morgan fingerprint density at radius 3 is 2.60 bits per heavy atom. The molecule has 1 aliphatic heterocycles. The van der Waals surface area contributed by atoms with Crippen LogP contribution >= 0.6 is 12.2 Å². The topological polar surface area (TPSA) is 27.7 Å². The largest absolute Gasteiger partial charge is 0.497 e. The van der Waals surface area contributed by atoms with E-state index >= 15 is 0 Å². The van der Waals surface area contributed by atoms with E-state index in [4.69, 9.17) is 17.0 Å². The van der Waals surface area contributed by atoms with Crippen molar-refractivity contribution in [1.29, 1.82) is 0 Å². The summed E-state index contributed by atoms with van der Waals surface area (Å²) in [7, 11) is 1.65. The number of hydrogen-bond acceptors (Lipinski definition) is 3. The van der Waals surface area contributed by atoms with Gasteiger partial charge in [0.25, 0.3) is 0 Å². The van der Waals surface area contributed by atoms with Crippen LogP contribution in [0.2, 0.25) is 0 Å². The molecule has 2 aromatic carbocycles. The lowest BCUT2D eigenvalue weighted by molar-refractivity contribution is 0.177. The van der Waals surface area contributed by atoms with Crippen molar-refractivity contribution in [2.24, 2.45) is 0 Å². The Hall–Kier alpha value is -2.18. The molecule has 1 N–H and O–H groups in total. The summed E-state index contributed by atoms with van der Waals surface area (Å²) in [6.45, 7) is 4.27. The van der Waals surface area contributed by atoms with Gasteiger partial charge in [0.05, 0.1) is 7.11 Å². The highest BCUT2D eigenvalue weighted by Crippen LogP contribution is 2.18. The second-order valence-electron chi connectivity index (χ2n) is 6.06. The summed E-state index contributed by atoms with van der Waals surface area (Å²) in [6.07, 6.45) is 0. The van der Waals surface area contributed by atoms with Gasteiger partial charge in [0.15, 0.2) is 5.11 Å². The van der Waals surface area contributed by atoms with Crippen molar-refractivity contribution in [2.45, 2.75) is 6.54 Å². The molecule has 0 radical (unpaired) electrons. The third-order valence-corrected chi connectivity index (χ3v) is 4.64. The van der Waals surface area contributed by atoms with Crippen LogP contribution < -0.4 is 10.1 Å². The van der Waals surface area contributed by atoms with Crippen LogP contribution in [0.5, 0.6) is 5.75 Å². The molecule has 0 atom stereocenters. The summed E-state index contributed by atoms with van der Waals surface area (Å²) < 4.78 is 18.5. The van der Waals surface area contributed by atoms with Crippen LogP contribution in [-0.2, 0) is 6.54 Å². The number of piperazine rings is 1. The zero-order valence-electron chi connectivity index (χ0n) is 14.2. The van der Waals surface area contributed by atoms with E-state index in [1.54, 1.807) is 19.2 Å². The minimum absolute atomic E-state index is 0.181. The summed E-state index contributed by atoms with van der Waals surface area (Å²) in [5, 5.41) is 3.99. The zero-order valence-corrected chi connectivity index (χ0v) is 15.1. The van der Waals surface area contributed by atoms with Crippen LogP contribution in [0.25, 0.3) is 0 Å². The molecule has 3 rings (SSSR count). The molecule has 132 valence electrons. The quantitative estimate of drug-likeness (QED) is 0.845. The van der Waals surface area contributed by atoms with Crippen LogP contribution in [0.1, 0.15) is 5.56 Å². The Morgan fingerprint density at radius 2 is 1.88 bits per heavy atom. The minimum atomic E-state index is -0.181. The van der Waals surface area contributed by atoms with Gasteiger partial charge in [-0.3, -0.25) is 4.90 Å². The van der Waals surface area contributed by atoms with Gasteiger partial charge in [-0.2, -0.15) is 0 Å². The van der Waals surface area contributed by atoms with Crippen molar-refractivity contribution >= 4 is 23.0 Å². The van der Waals surface area contributed by atoms with Gasteiger partial charge in [0.2, 0.25) is 0 Å². The summed E-state index contributed by atoms with van der Waals surface area (Å²) in [5.41, 5.74) is 1.93. The van der Waals surface area contributed by atoms with Gasteiger partial charge in [-0.15, -0.1) is 0 Å². The molecule has 0 saturated carbocycles. The van der Waals surface area contributed by atoms with Gasteiger partial charge in [0.1, 0.15) is 11.6 Å². The number of ether oxygens (including phenoxy) is 1. The SMILES string of the molecule is COc1cccc(NC(=S)N2CCN(Cc3cccc(F)c3)CC2)c1. The first-order chi connectivity index (χ1) is 12.1. The lowest BCUT2D eigenvalue weighted by Crippen LogP contribution is -2.49. The minimum Gasteiger partial charge on any atom is -0.497 e. The first kappa shape index (κ1) is 17.6. The monoisotopic (exact) mass is 359 g/mol. The Bertz CT molecular complexity index is 732. The van der Waals surface area contributed by atoms with Gasteiger partial charge in [-0.05, 0) is 42.0 Å². The van der Waals surface area contributed by atoms with E-state index in [0.717, 1.165) is 54.8 Å². The Balaban J connectivity index is 1.50. The third kappa shape index (κ3) is 4.90. The average molecular weight is 359 g/mol. The number of halogens is 1. The molecule has 2 aromatic rings. The molecule has 0 aromatic heterocycles. The third-order valence-electron chi connectivity index (χ3n) is 4.28. The first-order valence-electron chi connectivity index (χ1n) is 8.31. The Morgan fingerprint density at radius 1 is 1.12 bits per heavy atom. The number of nitrogens with one attached hydrogen (secondary N) is 1. The maximum atomic E-state index is 13.3. The molecule has 1 heterocycles. The highest BCUT2D eigenvalue weighted by Gasteiger charge is 2.19. The predicted octanol–water partition coefficient (Wildman–Crippen LogP) is 3.35. The van der Waals surface area contributed by atoms with E-state index in [1.165, 1.54) is 6.07 Å². The van der Waals surface area contributed by atoms with Crippen molar-refractivity contribution in [3.8, 4) is 5.75 Å². The van der Waals surface area contributed by atoms with Crippen molar-refractivity contribution in [1.82, 2.24) is 9.80 Å². The second kappa shape index (κ2) is 8.27. The van der Waals surface area contributed by atoms with Gasteiger partial charge < -0.3 is 15.0 Å². The molecule has 0 amide bonds. The molecule has 1 aliphatic rings. The lowest BCUT2D eigenvalue weighted by atomic mass is 10.2. The van der Waals surface area contributed by atoms with Crippen LogP contribution in [-0.4, -0.2) is 48.2 Å². The average Bonchev–Trinajstić information content (AvgIpc) is 2.62. The highest BCUT2D eigenvalue weighted by atomic mass is 32.1. The van der Waals surface area contributed by atoms with E-state index in [1.807, 2.05) is 30.3 Å². The molecule has 0 unspecified atom stereocenters. The molecule has 25 heavy (non-hydrogen) atoms. The van der Waals surface area contributed by atoms with Crippen LogP contribution in [0, 0.1) is 5.82 Å². The molecule has 1 fully saturated rings. The Labute approximate surface area is 153 Å². The first-order valence-corrected chi connectivity index (χ1v) is 8.71. The van der Waals surface area contributed by atoms with Crippen molar-refractivity contribution in [2.75, 3.05) is 38.6 Å². The number of hydrogen-bond donors (Lipinski definition) is 1. The van der Waals surface area contributed by atoms with E-state index in [-0.39, 0.29) is 5.82 Å². The lowest BCUT2D eigenvalue weighted by Gasteiger charge is -2.36. The summed E-state index contributed by atoms with van der Waals surface area (Å²) in [6, 6.07) is 14.5. The van der Waals surface area contributed by atoms with Crippen LogP contribution in [0.4, 0.5) is 10.1 Å². The number of anilines is 1. The normalized spacial score (nSPS) is 15.0. The number of thiocarbonyl (C=S) groups is 1. The van der Waals surface area contributed by atoms with Gasteiger partial charge >= 0.3 is 0 Å². The molecule has 0 bridgehead atoms. The van der Waals surface area contributed by atoms with Crippen LogP contribution in [0.3, 0.4) is 0 Å². The van der Waals surface area contributed by atoms with Crippen molar-refractivity contribution < 1.29 is 9.13 Å². The fourth-order valence-corrected chi connectivity index (χ4v) is 3.21.